The third-order valence-electron chi connectivity index (χ3n) is 3.50. The second-order valence-corrected chi connectivity index (χ2v) is 6.16. The summed E-state index contributed by atoms with van der Waals surface area (Å²) < 4.78 is 0. The maximum atomic E-state index is 4.57. The Morgan fingerprint density at radius 1 is 1.56 bits per heavy atom. The Kier molecular flexibility index (Phi) is 3.22. The number of thiazole rings is 1. The lowest BCUT2D eigenvalue weighted by Crippen LogP contribution is -2.37. The molecule has 1 aliphatic heterocycles. The van der Waals surface area contributed by atoms with Gasteiger partial charge in [-0.25, -0.2) is 4.98 Å². The van der Waals surface area contributed by atoms with Crippen molar-refractivity contribution in [2.45, 2.75) is 45.2 Å². The molecule has 0 radical (unpaired) electrons. The van der Waals surface area contributed by atoms with Gasteiger partial charge >= 0.3 is 0 Å². The predicted molar refractivity (Wildman–Crippen MR) is 70.2 cm³/mol. The highest BCUT2D eigenvalue weighted by atomic mass is 32.1. The van der Waals surface area contributed by atoms with Gasteiger partial charge in [0.25, 0.3) is 0 Å². The molecule has 1 atom stereocenters. The van der Waals surface area contributed by atoms with Crippen molar-refractivity contribution >= 4 is 16.5 Å². The van der Waals surface area contributed by atoms with Gasteiger partial charge in [0.1, 0.15) is 0 Å². The lowest BCUT2D eigenvalue weighted by atomic mass is 10.0. The number of hydrogen-bond donors (Lipinski definition) is 1. The zero-order valence-corrected chi connectivity index (χ0v) is 11.4. The molecule has 4 heteroatoms. The van der Waals surface area contributed by atoms with Gasteiger partial charge in [-0.2, -0.15) is 0 Å². The first-order chi connectivity index (χ1) is 7.54. The molecule has 1 aromatic heterocycles. The van der Waals surface area contributed by atoms with Gasteiger partial charge in [-0.1, -0.05) is 0 Å². The monoisotopic (exact) mass is 239 g/mol. The highest BCUT2D eigenvalue weighted by Gasteiger charge is 2.33. The van der Waals surface area contributed by atoms with E-state index in [4.69, 9.17) is 0 Å². The van der Waals surface area contributed by atoms with Crippen molar-refractivity contribution in [1.82, 2.24) is 10.3 Å². The normalized spacial score (nSPS) is 21.4. The first-order valence-electron chi connectivity index (χ1n) is 5.95. The van der Waals surface area contributed by atoms with E-state index >= 15 is 0 Å². The van der Waals surface area contributed by atoms with Crippen LogP contribution < -0.4 is 10.2 Å². The molecule has 90 valence electrons. The van der Waals surface area contributed by atoms with E-state index in [1.807, 2.05) is 24.6 Å². The predicted octanol–water partition coefficient (Wildman–Crippen LogP) is 2.80. The van der Waals surface area contributed by atoms with E-state index in [-0.39, 0.29) is 5.54 Å². The van der Waals surface area contributed by atoms with Gasteiger partial charge in [0.15, 0.2) is 5.13 Å². The van der Waals surface area contributed by atoms with Crippen LogP contribution in [0.3, 0.4) is 0 Å². The number of hydrogen-bond acceptors (Lipinski definition) is 4. The lowest BCUT2D eigenvalue weighted by molar-refractivity contribution is 0.517. The Labute approximate surface area is 102 Å². The van der Waals surface area contributed by atoms with Crippen LogP contribution in [0.4, 0.5) is 5.13 Å². The smallest absolute Gasteiger partial charge is 0.186 e. The summed E-state index contributed by atoms with van der Waals surface area (Å²) in [6.07, 6.45) is 4.56. The second kappa shape index (κ2) is 4.34. The van der Waals surface area contributed by atoms with E-state index < -0.39 is 0 Å². The highest BCUT2D eigenvalue weighted by Crippen LogP contribution is 2.36. The van der Waals surface area contributed by atoms with E-state index in [0.717, 1.165) is 6.54 Å². The Morgan fingerprint density at radius 2 is 2.31 bits per heavy atom. The molecular formula is C12H21N3S. The van der Waals surface area contributed by atoms with Crippen LogP contribution in [0.5, 0.6) is 0 Å². The molecule has 0 aliphatic carbocycles. The number of anilines is 1. The van der Waals surface area contributed by atoms with Crippen LogP contribution in [-0.2, 0) is 0 Å². The van der Waals surface area contributed by atoms with E-state index in [1.54, 1.807) is 0 Å². The summed E-state index contributed by atoms with van der Waals surface area (Å²) in [4.78, 5) is 8.33. The van der Waals surface area contributed by atoms with E-state index in [9.17, 15) is 0 Å². The Bertz CT molecular complexity index is 359. The van der Waals surface area contributed by atoms with Crippen molar-refractivity contribution in [1.29, 1.82) is 0 Å². The SMILES string of the molecule is CNC(C)c1cnc(N2CCCC2(C)C)s1. The van der Waals surface area contributed by atoms with Crippen LogP contribution in [0, 0.1) is 0 Å². The number of nitrogens with zero attached hydrogens (tertiary/aromatic N) is 2. The van der Waals surface area contributed by atoms with Gasteiger partial charge in [0, 0.05) is 29.2 Å². The molecule has 0 aromatic carbocycles. The van der Waals surface area contributed by atoms with Crippen LogP contribution >= 0.6 is 11.3 Å². The van der Waals surface area contributed by atoms with Crippen molar-refractivity contribution in [3.05, 3.63) is 11.1 Å². The molecule has 0 saturated carbocycles. The molecule has 1 aliphatic rings. The molecule has 16 heavy (non-hydrogen) atoms. The lowest BCUT2D eigenvalue weighted by Gasteiger charge is -2.31. The fourth-order valence-electron chi connectivity index (χ4n) is 2.21. The largest absolute Gasteiger partial charge is 0.343 e. The molecule has 0 amide bonds. The molecule has 1 aromatic rings. The van der Waals surface area contributed by atoms with E-state index in [1.165, 1.54) is 22.9 Å². The van der Waals surface area contributed by atoms with Crippen LogP contribution in [0.2, 0.25) is 0 Å². The average Bonchev–Trinajstić information content (AvgIpc) is 2.82. The summed E-state index contributed by atoms with van der Waals surface area (Å²) >= 11 is 1.82. The van der Waals surface area contributed by atoms with E-state index in [0.29, 0.717) is 6.04 Å². The minimum absolute atomic E-state index is 0.276. The van der Waals surface area contributed by atoms with E-state index in [2.05, 4.69) is 36.0 Å². The third kappa shape index (κ3) is 2.09. The van der Waals surface area contributed by atoms with Crippen molar-refractivity contribution in [3.63, 3.8) is 0 Å². The second-order valence-electron chi connectivity index (χ2n) is 5.12. The minimum Gasteiger partial charge on any atom is -0.343 e. The molecule has 0 spiro atoms. The molecular weight excluding hydrogens is 218 g/mol. The topological polar surface area (TPSA) is 28.2 Å². The molecule has 1 saturated heterocycles. The first kappa shape index (κ1) is 11.9. The van der Waals surface area contributed by atoms with Crippen molar-refractivity contribution in [3.8, 4) is 0 Å². The summed E-state index contributed by atoms with van der Waals surface area (Å²) in [6, 6.07) is 0.400. The summed E-state index contributed by atoms with van der Waals surface area (Å²) in [6.45, 7) is 7.94. The van der Waals surface area contributed by atoms with Gasteiger partial charge < -0.3 is 10.2 Å². The van der Waals surface area contributed by atoms with Gasteiger partial charge in [-0.05, 0) is 40.7 Å². The standard InChI is InChI=1S/C12H21N3S/c1-9(13-4)10-8-14-11(16-10)15-7-5-6-12(15,2)3/h8-9,13H,5-7H2,1-4H3. The Balaban J connectivity index is 2.19. The minimum atomic E-state index is 0.276. The number of rotatable bonds is 3. The van der Waals surface area contributed by atoms with Crippen LogP contribution in [-0.4, -0.2) is 24.1 Å². The molecule has 1 fully saturated rings. The van der Waals surface area contributed by atoms with Gasteiger partial charge in [-0.3, -0.25) is 0 Å². The fourth-order valence-corrected chi connectivity index (χ4v) is 3.37. The summed E-state index contributed by atoms with van der Waals surface area (Å²) in [7, 11) is 1.99. The van der Waals surface area contributed by atoms with Gasteiger partial charge in [0.05, 0.1) is 0 Å². The number of aromatic nitrogens is 1. The van der Waals surface area contributed by atoms with Crippen molar-refractivity contribution in [2.24, 2.45) is 0 Å². The number of nitrogens with one attached hydrogen (secondary N) is 1. The van der Waals surface area contributed by atoms with Crippen LogP contribution in [0.15, 0.2) is 6.20 Å². The zero-order valence-electron chi connectivity index (χ0n) is 10.6. The quantitative estimate of drug-likeness (QED) is 0.879. The van der Waals surface area contributed by atoms with Gasteiger partial charge in [0.2, 0.25) is 0 Å². The molecule has 1 N–H and O–H groups in total. The third-order valence-corrected chi connectivity index (χ3v) is 4.71. The summed E-state index contributed by atoms with van der Waals surface area (Å²) in [5.74, 6) is 0. The summed E-state index contributed by atoms with van der Waals surface area (Å²) in [5, 5.41) is 4.44. The summed E-state index contributed by atoms with van der Waals surface area (Å²) in [5.41, 5.74) is 0.276. The van der Waals surface area contributed by atoms with Gasteiger partial charge in [-0.15, -0.1) is 11.3 Å². The molecule has 2 heterocycles. The Morgan fingerprint density at radius 3 is 2.88 bits per heavy atom. The molecule has 2 rings (SSSR count). The zero-order chi connectivity index (χ0) is 11.8. The van der Waals surface area contributed by atoms with Crippen LogP contribution in [0.25, 0.3) is 0 Å². The van der Waals surface area contributed by atoms with Crippen molar-refractivity contribution < 1.29 is 0 Å². The van der Waals surface area contributed by atoms with Crippen molar-refractivity contribution in [2.75, 3.05) is 18.5 Å². The molecule has 3 nitrogen and oxygen atoms in total. The Hall–Kier alpha value is -0.610. The molecule has 0 bridgehead atoms. The maximum absolute atomic E-state index is 4.57. The average molecular weight is 239 g/mol. The maximum Gasteiger partial charge on any atom is 0.186 e. The molecule has 1 unspecified atom stereocenters. The highest BCUT2D eigenvalue weighted by molar-refractivity contribution is 7.15. The fraction of sp³-hybridized carbons (Fsp3) is 0.750. The first-order valence-corrected chi connectivity index (χ1v) is 6.77. The van der Waals surface area contributed by atoms with Crippen LogP contribution in [0.1, 0.15) is 44.5 Å².